The summed E-state index contributed by atoms with van der Waals surface area (Å²) in [7, 11) is -2.13. The number of hydrogen-bond acceptors (Lipinski definition) is 4. The average molecular weight is 361 g/mol. The lowest BCUT2D eigenvalue weighted by Crippen LogP contribution is -2.35. The molecular formula is C13H17BrN2O3S. The van der Waals surface area contributed by atoms with Crippen molar-refractivity contribution in [2.75, 3.05) is 26.8 Å². The van der Waals surface area contributed by atoms with Crippen molar-refractivity contribution in [3.63, 3.8) is 0 Å². The number of halogens is 1. The highest BCUT2D eigenvalue weighted by Crippen LogP contribution is 2.26. The number of sulfonamides is 1. The van der Waals surface area contributed by atoms with Gasteiger partial charge in [0.2, 0.25) is 10.0 Å². The van der Waals surface area contributed by atoms with E-state index < -0.39 is 10.0 Å². The van der Waals surface area contributed by atoms with E-state index in [1.807, 2.05) is 13.0 Å². The molecule has 1 aromatic carbocycles. The van der Waals surface area contributed by atoms with E-state index in [-0.39, 0.29) is 31.0 Å². The fraction of sp³-hybridized carbons (Fsp3) is 0.462. The van der Waals surface area contributed by atoms with E-state index >= 15 is 0 Å². The molecule has 0 spiro atoms. The van der Waals surface area contributed by atoms with Crippen LogP contribution in [0.3, 0.4) is 0 Å². The van der Waals surface area contributed by atoms with Crippen molar-refractivity contribution in [2.45, 2.75) is 18.2 Å². The van der Waals surface area contributed by atoms with Gasteiger partial charge in [0, 0.05) is 31.1 Å². The highest BCUT2D eigenvalue weighted by Gasteiger charge is 2.25. The summed E-state index contributed by atoms with van der Waals surface area (Å²) in [6.07, 6.45) is 0.145. The molecule has 0 aromatic heterocycles. The molecule has 0 aliphatic heterocycles. The summed E-state index contributed by atoms with van der Waals surface area (Å²) >= 11 is 3.29. The molecule has 110 valence electrons. The van der Waals surface area contributed by atoms with Gasteiger partial charge >= 0.3 is 0 Å². The van der Waals surface area contributed by atoms with Crippen LogP contribution >= 0.6 is 15.9 Å². The van der Waals surface area contributed by atoms with Crippen molar-refractivity contribution in [3.05, 3.63) is 28.2 Å². The molecule has 0 atom stereocenters. The molecule has 5 nitrogen and oxygen atoms in total. The minimum absolute atomic E-state index is 0.145. The van der Waals surface area contributed by atoms with Gasteiger partial charge < -0.3 is 4.74 Å². The summed E-state index contributed by atoms with van der Waals surface area (Å²) in [5.41, 5.74) is 0.969. The molecule has 0 saturated heterocycles. The van der Waals surface area contributed by atoms with E-state index in [1.54, 1.807) is 18.2 Å². The third-order valence-corrected chi connectivity index (χ3v) is 5.60. The van der Waals surface area contributed by atoms with Crippen LogP contribution in [-0.4, -0.2) is 39.5 Å². The number of benzene rings is 1. The molecule has 0 saturated carbocycles. The summed E-state index contributed by atoms with van der Waals surface area (Å²) in [6.45, 7) is 2.55. The van der Waals surface area contributed by atoms with Crippen LogP contribution in [0, 0.1) is 18.3 Å². The minimum atomic E-state index is -3.64. The van der Waals surface area contributed by atoms with Gasteiger partial charge in [0.05, 0.1) is 17.6 Å². The summed E-state index contributed by atoms with van der Waals surface area (Å²) < 4.78 is 31.9. The predicted octanol–water partition coefficient (Wildman–Crippen LogP) is 2.31. The zero-order chi connectivity index (χ0) is 15.2. The Hall–Kier alpha value is -0.940. The molecule has 0 amide bonds. The van der Waals surface area contributed by atoms with Crippen molar-refractivity contribution < 1.29 is 13.2 Å². The van der Waals surface area contributed by atoms with Crippen LogP contribution in [0.2, 0.25) is 0 Å². The summed E-state index contributed by atoms with van der Waals surface area (Å²) in [5.74, 6) is 0. The van der Waals surface area contributed by atoms with Gasteiger partial charge in [0.25, 0.3) is 0 Å². The van der Waals surface area contributed by atoms with Gasteiger partial charge in [0.15, 0.2) is 0 Å². The molecule has 0 unspecified atom stereocenters. The number of nitrogens with zero attached hydrogens (tertiary/aromatic N) is 2. The Labute approximate surface area is 128 Å². The first-order chi connectivity index (χ1) is 9.43. The van der Waals surface area contributed by atoms with E-state index in [4.69, 9.17) is 10.00 Å². The van der Waals surface area contributed by atoms with Crippen LogP contribution in [0.25, 0.3) is 0 Å². The molecule has 0 fully saturated rings. The van der Waals surface area contributed by atoms with E-state index in [0.29, 0.717) is 4.47 Å². The molecule has 1 aromatic rings. The second-order valence-corrected chi connectivity index (χ2v) is 7.00. The maximum Gasteiger partial charge on any atom is 0.244 e. The predicted molar refractivity (Wildman–Crippen MR) is 79.7 cm³/mol. The summed E-state index contributed by atoms with van der Waals surface area (Å²) in [5, 5.41) is 8.66. The average Bonchev–Trinajstić information content (AvgIpc) is 2.38. The molecule has 0 N–H and O–H groups in total. The van der Waals surface area contributed by atoms with E-state index in [2.05, 4.69) is 15.9 Å². The van der Waals surface area contributed by atoms with E-state index in [0.717, 1.165) is 5.56 Å². The first kappa shape index (κ1) is 17.1. The fourth-order valence-corrected chi connectivity index (χ4v) is 4.25. The normalized spacial score (nSPS) is 11.6. The Morgan fingerprint density at radius 1 is 1.40 bits per heavy atom. The number of hydrogen-bond donors (Lipinski definition) is 0. The highest BCUT2D eigenvalue weighted by atomic mass is 79.9. The molecular weight excluding hydrogens is 344 g/mol. The number of nitriles is 1. The number of ether oxygens (including phenoxy) is 1. The highest BCUT2D eigenvalue weighted by molar-refractivity contribution is 9.10. The number of aryl methyl sites for hydroxylation is 1. The molecule has 0 bridgehead atoms. The van der Waals surface area contributed by atoms with Crippen LogP contribution in [0.5, 0.6) is 0 Å². The first-order valence-electron chi connectivity index (χ1n) is 6.05. The fourth-order valence-electron chi connectivity index (χ4n) is 1.67. The molecule has 0 aliphatic rings. The Kier molecular flexibility index (Phi) is 6.62. The number of rotatable bonds is 7. The van der Waals surface area contributed by atoms with Gasteiger partial charge in [-0.1, -0.05) is 6.07 Å². The molecule has 1 rings (SSSR count). The van der Waals surface area contributed by atoms with Gasteiger partial charge in [-0.3, -0.25) is 0 Å². The summed E-state index contributed by atoms with van der Waals surface area (Å²) in [6, 6.07) is 7.04. The number of methoxy groups -OCH3 is 1. The minimum Gasteiger partial charge on any atom is -0.383 e. The second-order valence-electron chi connectivity index (χ2n) is 4.24. The standard InChI is InChI=1S/C13H17BrN2O3S/c1-11-4-5-13(12(14)10-11)20(17,18)16(7-3-6-15)8-9-19-2/h4-5,10H,3,7-9H2,1-2H3. The van der Waals surface area contributed by atoms with Crippen LogP contribution in [-0.2, 0) is 14.8 Å². The maximum absolute atomic E-state index is 12.6. The van der Waals surface area contributed by atoms with Gasteiger partial charge in [-0.15, -0.1) is 0 Å². The van der Waals surface area contributed by atoms with Crippen molar-refractivity contribution in [1.29, 1.82) is 5.26 Å². The Balaban J connectivity index is 3.11. The Morgan fingerprint density at radius 3 is 2.65 bits per heavy atom. The topological polar surface area (TPSA) is 70.4 Å². The van der Waals surface area contributed by atoms with Gasteiger partial charge in [-0.2, -0.15) is 9.57 Å². The molecule has 0 radical (unpaired) electrons. The van der Waals surface area contributed by atoms with Crippen LogP contribution in [0.15, 0.2) is 27.6 Å². The lowest BCUT2D eigenvalue weighted by atomic mass is 10.2. The zero-order valence-corrected chi connectivity index (χ0v) is 13.9. The van der Waals surface area contributed by atoms with Crippen molar-refractivity contribution in [2.24, 2.45) is 0 Å². The molecule has 7 heteroatoms. The molecule has 0 heterocycles. The lowest BCUT2D eigenvalue weighted by Gasteiger charge is -2.21. The zero-order valence-electron chi connectivity index (χ0n) is 11.5. The van der Waals surface area contributed by atoms with Crippen molar-refractivity contribution >= 4 is 26.0 Å². The van der Waals surface area contributed by atoms with Crippen LogP contribution < -0.4 is 0 Å². The first-order valence-corrected chi connectivity index (χ1v) is 8.29. The third-order valence-electron chi connectivity index (χ3n) is 2.72. The SMILES string of the molecule is COCCN(CCC#N)S(=O)(=O)c1ccc(C)cc1Br. The lowest BCUT2D eigenvalue weighted by molar-refractivity contribution is 0.179. The van der Waals surface area contributed by atoms with Crippen molar-refractivity contribution in [1.82, 2.24) is 4.31 Å². The smallest absolute Gasteiger partial charge is 0.244 e. The maximum atomic E-state index is 12.6. The Morgan fingerprint density at radius 2 is 2.10 bits per heavy atom. The van der Waals surface area contributed by atoms with E-state index in [9.17, 15) is 8.42 Å². The van der Waals surface area contributed by atoms with Crippen LogP contribution in [0.1, 0.15) is 12.0 Å². The van der Waals surface area contributed by atoms with Crippen molar-refractivity contribution in [3.8, 4) is 6.07 Å². The molecule has 20 heavy (non-hydrogen) atoms. The van der Waals surface area contributed by atoms with Gasteiger partial charge in [0.1, 0.15) is 0 Å². The summed E-state index contributed by atoms with van der Waals surface area (Å²) in [4.78, 5) is 0.206. The largest absolute Gasteiger partial charge is 0.383 e. The monoisotopic (exact) mass is 360 g/mol. The quantitative estimate of drug-likeness (QED) is 0.747. The third kappa shape index (κ3) is 4.28. The second kappa shape index (κ2) is 7.74. The van der Waals surface area contributed by atoms with Gasteiger partial charge in [-0.25, -0.2) is 8.42 Å². The van der Waals surface area contributed by atoms with E-state index in [1.165, 1.54) is 11.4 Å². The van der Waals surface area contributed by atoms with Gasteiger partial charge in [-0.05, 0) is 40.5 Å². The van der Waals surface area contributed by atoms with Crippen LogP contribution in [0.4, 0.5) is 0 Å². The molecule has 0 aliphatic carbocycles. The Bertz CT molecular complexity index is 596.